The maximum atomic E-state index is 11.1. The number of benzene rings is 1. The second kappa shape index (κ2) is 5.79. The topological polar surface area (TPSA) is 81.6 Å². The predicted octanol–water partition coefficient (Wildman–Crippen LogP) is 0.933. The number of hydrogen-bond acceptors (Lipinski definition) is 5. The fourth-order valence-corrected chi connectivity index (χ4v) is 2.11. The zero-order valence-corrected chi connectivity index (χ0v) is 10.2. The molecule has 1 aromatic rings. The van der Waals surface area contributed by atoms with E-state index in [2.05, 4.69) is 0 Å². The van der Waals surface area contributed by atoms with Crippen LogP contribution in [-0.4, -0.2) is 37.8 Å². The molecule has 6 nitrogen and oxygen atoms in total. The maximum absolute atomic E-state index is 11.1. The normalized spacial score (nSPS) is 15.7. The minimum atomic E-state index is -0.329. The quantitative estimate of drug-likeness (QED) is 0.636. The van der Waals surface area contributed by atoms with Gasteiger partial charge in [-0.15, -0.1) is 0 Å². The number of nitrogens with two attached hydrogens (primary N) is 1. The van der Waals surface area contributed by atoms with Crippen molar-refractivity contribution in [2.24, 2.45) is 5.73 Å². The molecule has 1 fully saturated rings. The van der Waals surface area contributed by atoms with Gasteiger partial charge in [0.25, 0.3) is 5.69 Å². The van der Waals surface area contributed by atoms with E-state index in [9.17, 15) is 10.1 Å². The van der Waals surface area contributed by atoms with Gasteiger partial charge >= 0.3 is 0 Å². The van der Waals surface area contributed by atoms with Crippen molar-refractivity contribution >= 4 is 11.4 Å². The third-order valence-corrected chi connectivity index (χ3v) is 3.02. The van der Waals surface area contributed by atoms with E-state index >= 15 is 0 Å². The Morgan fingerprint density at radius 1 is 1.39 bits per heavy atom. The summed E-state index contributed by atoms with van der Waals surface area (Å²) in [6, 6.07) is 5.34. The fourth-order valence-electron chi connectivity index (χ4n) is 2.11. The number of rotatable bonds is 4. The molecule has 2 rings (SSSR count). The SMILES string of the molecule is NCCc1ccc(N2CCOCC2)c([N+](=O)[O-])c1. The molecule has 0 spiro atoms. The van der Waals surface area contributed by atoms with Gasteiger partial charge in [0.05, 0.1) is 18.1 Å². The van der Waals surface area contributed by atoms with E-state index in [1.165, 1.54) is 0 Å². The van der Waals surface area contributed by atoms with Crippen molar-refractivity contribution in [3.05, 3.63) is 33.9 Å². The van der Waals surface area contributed by atoms with Gasteiger partial charge in [0.15, 0.2) is 0 Å². The van der Waals surface area contributed by atoms with Gasteiger partial charge < -0.3 is 15.4 Å². The monoisotopic (exact) mass is 251 g/mol. The van der Waals surface area contributed by atoms with Crippen LogP contribution >= 0.6 is 0 Å². The van der Waals surface area contributed by atoms with Gasteiger partial charge in [0.2, 0.25) is 0 Å². The number of morpholine rings is 1. The lowest BCUT2D eigenvalue weighted by Crippen LogP contribution is -2.36. The molecule has 0 saturated carbocycles. The molecule has 1 aromatic carbocycles. The van der Waals surface area contributed by atoms with Gasteiger partial charge in [-0.1, -0.05) is 6.07 Å². The molecule has 0 atom stereocenters. The lowest BCUT2D eigenvalue weighted by molar-refractivity contribution is -0.384. The molecule has 0 amide bonds. The summed E-state index contributed by atoms with van der Waals surface area (Å²) in [7, 11) is 0. The molecular formula is C12H17N3O3. The summed E-state index contributed by atoms with van der Waals surface area (Å²) in [5.74, 6) is 0. The minimum Gasteiger partial charge on any atom is -0.378 e. The van der Waals surface area contributed by atoms with Crippen LogP contribution < -0.4 is 10.6 Å². The third-order valence-electron chi connectivity index (χ3n) is 3.02. The Morgan fingerprint density at radius 2 is 2.11 bits per heavy atom. The van der Waals surface area contributed by atoms with Crippen LogP contribution in [0.2, 0.25) is 0 Å². The smallest absolute Gasteiger partial charge is 0.292 e. The molecule has 0 bridgehead atoms. The molecule has 0 radical (unpaired) electrons. The van der Waals surface area contributed by atoms with Gasteiger partial charge in [-0.2, -0.15) is 0 Å². The van der Waals surface area contributed by atoms with Gasteiger partial charge in [-0.05, 0) is 24.6 Å². The van der Waals surface area contributed by atoms with Crippen molar-refractivity contribution in [1.29, 1.82) is 0 Å². The highest BCUT2D eigenvalue weighted by Crippen LogP contribution is 2.29. The highest BCUT2D eigenvalue weighted by atomic mass is 16.6. The Kier molecular flexibility index (Phi) is 4.11. The van der Waals surface area contributed by atoms with Crippen molar-refractivity contribution in [1.82, 2.24) is 0 Å². The van der Waals surface area contributed by atoms with E-state index in [0.29, 0.717) is 45.0 Å². The number of hydrogen-bond donors (Lipinski definition) is 1. The molecule has 0 unspecified atom stereocenters. The molecule has 1 aliphatic rings. The van der Waals surface area contributed by atoms with E-state index in [-0.39, 0.29) is 10.6 Å². The first-order valence-corrected chi connectivity index (χ1v) is 6.02. The van der Waals surface area contributed by atoms with Crippen LogP contribution in [0.1, 0.15) is 5.56 Å². The van der Waals surface area contributed by atoms with E-state index in [4.69, 9.17) is 10.5 Å². The summed E-state index contributed by atoms with van der Waals surface area (Å²) in [6.07, 6.45) is 0.657. The van der Waals surface area contributed by atoms with Crippen LogP contribution in [0.3, 0.4) is 0 Å². The Labute approximate surface area is 105 Å². The Balaban J connectivity index is 2.30. The summed E-state index contributed by atoms with van der Waals surface area (Å²) in [5.41, 5.74) is 7.20. The van der Waals surface area contributed by atoms with Gasteiger partial charge in [-0.25, -0.2) is 0 Å². The average molecular weight is 251 g/mol. The molecule has 1 saturated heterocycles. The minimum absolute atomic E-state index is 0.155. The van der Waals surface area contributed by atoms with Crippen molar-refractivity contribution in [3.63, 3.8) is 0 Å². The molecule has 2 N–H and O–H groups in total. The van der Waals surface area contributed by atoms with Gasteiger partial charge in [0, 0.05) is 19.2 Å². The summed E-state index contributed by atoms with van der Waals surface area (Å²) in [5, 5.41) is 11.1. The Hall–Kier alpha value is -1.66. The van der Waals surface area contributed by atoms with Crippen LogP contribution in [0, 0.1) is 10.1 Å². The molecule has 98 valence electrons. The zero-order valence-electron chi connectivity index (χ0n) is 10.2. The largest absolute Gasteiger partial charge is 0.378 e. The third kappa shape index (κ3) is 2.77. The second-order valence-corrected chi connectivity index (χ2v) is 4.22. The van der Waals surface area contributed by atoms with Crippen LogP contribution in [0.4, 0.5) is 11.4 Å². The second-order valence-electron chi connectivity index (χ2n) is 4.22. The van der Waals surface area contributed by atoms with Gasteiger partial charge in [0.1, 0.15) is 5.69 Å². The summed E-state index contributed by atoms with van der Waals surface area (Å²) >= 11 is 0. The zero-order chi connectivity index (χ0) is 13.0. The molecule has 1 heterocycles. The Morgan fingerprint density at radius 3 is 2.72 bits per heavy atom. The van der Waals surface area contributed by atoms with Crippen LogP contribution in [0.25, 0.3) is 0 Å². The lowest BCUT2D eigenvalue weighted by Gasteiger charge is -2.28. The predicted molar refractivity (Wildman–Crippen MR) is 68.9 cm³/mol. The van der Waals surface area contributed by atoms with E-state index in [1.54, 1.807) is 6.07 Å². The van der Waals surface area contributed by atoms with Crippen LogP contribution in [-0.2, 0) is 11.2 Å². The van der Waals surface area contributed by atoms with Crippen molar-refractivity contribution in [3.8, 4) is 0 Å². The molecular weight excluding hydrogens is 234 g/mol. The molecule has 6 heteroatoms. The summed E-state index contributed by atoms with van der Waals surface area (Å²) in [6.45, 7) is 3.10. The van der Waals surface area contributed by atoms with E-state index < -0.39 is 0 Å². The maximum Gasteiger partial charge on any atom is 0.292 e. The molecule has 0 aromatic heterocycles. The number of nitro groups is 1. The summed E-state index contributed by atoms with van der Waals surface area (Å²) < 4.78 is 5.26. The standard InChI is InChI=1S/C12H17N3O3/c13-4-3-10-1-2-11(12(9-10)15(16)17)14-5-7-18-8-6-14/h1-2,9H,3-8,13H2. The molecule has 18 heavy (non-hydrogen) atoms. The Bertz CT molecular complexity index is 431. The van der Waals surface area contributed by atoms with Crippen LogP contribution in [0.15, 0.2) is 18.2 Å². The molecule has 1 aliphatic heterocycles. The number of nitro benzene ring substituents is 1. The number of nitrogens with zero attached hydrogens (tertiary/aromatic N) is 2. The first-order valence-electron chi connectivity index (χ1n) is 6.02. The lowest BCUT2D eigenvalue weighted by atomic mass is 10.1. The van der Waals surface area contributed by atoms with Gasteiger partial charge in [-0.3, -0.25) is 10.1 Å². The van der Waals surface area contributed by atoms with Crippen molar-refractivity contribution in [2.45, 2.75) is 6.42 Å². The van der Waals surface area contributed by atoms with Crippen molar-refractivity contribution < 1.29 is 9.66 Å². The van der Waals surface area contributed by atoms with Crippen LogP contribution in [0.5, 0.6) is 0 Å². The first-order chi connectivity index (χ1) is 8.72. The highest BCUT2D eigenvalue weighted by Gasteiger charge is 2.21. The number of anilines is 1. The van der Waals surface area contributed by atoms with E-state index in [1.807, 2.05) is 17.0 Å². The average Bonchev–Trinajstić information content (AvgIpc) is 2.40. The first kappa shape index (κ1) is 12.8. The fraction of sp³-hybridized carbons (Fsp3) is 0.500. The highest BCUT2D eigenvalue weighted by molar-refractivity contribution is 5.64. The number of ether oxygens (including phenoxy) is 1. The molecule has 0 aliphatic carbocycles. The summed E-state index contributed by atoms with van der Waals surface area (Å²) in [4.78, 5) is 12.8. The van der Waals surface area contributed by atoms with E-state index in [0.717, 1.165) is 5.56 Å². The van der Waals surface area contributed by atoms with Crippen molar-refractivity contribution in [2.75, 3.05) is 37.7 Å².